The summed E-state index contributed by atoms with van der Waals surface area (Å²) in [7, 11) is 0. The molecule has 0 bridgehead atoms. The zero-order chi connectivity index (χ0) is 22.7. The second-order valence-electron chi connectivity index (χ2n) is 7.73. The van der Waals surface area contributed by atoms with E-state index >= 15 is 0 Å². The van der Waals surface area contributed by atoms with E-state index in [4.69, 9.17) is 11.6 Å². The molecule has 1 fully saturated rings. The quantitative estimate of drug-likeness (QED) is 0.584. The molecule has 32 heavy (non-hydrogen) atoms. The van der Waals surface area contributed by atoms with Gasteiger partial charge in [0.25, 0.3) is 5.91 Å². The van der Waals surface area contributed by atoms with Gasteiger partial charge in [0.15, 0.2) is 0 Å². The number of rotatable bonds is 5. The zero-order valence-electron chi connectivity index (χ0n) is 17.5. The van der Waals surface area contributed by atoms with Gasteiger partial charge in [-0.2, -0.15) is 0 Å². The Bertz CT molecular complexity index is 1180. The fourth-order valence-corrected chi connectivity index (χ4v) is 3.77. The molecule has 3 amide bonds. The first-order chi connectivity index (χ1) is 15.4. The number of amides is 3. The summed E-state index contributed by atoms with van der Waals surface area (Å²) in [4.78, 5) is 39.5. The van der Waals surface area contributed by atoms with Crippen molar-refractivity contribution < 1.29 is 14.4 Å². The topological polar surface area (TPSA) is 78.5 Å². The van der Waals surface area contributed by atoms with Crippen molar-refractivity contribution in [3.63, 3.8) is 0 Å². The molecule has 1 aliphatic heterocycles. The van der Waals surface area contributed by atoms with Crippen molar-refractivity contribution in [2.75, 3.05) is 22.1 Å². The highest BCUT2D eigenvalue weighted by Crippen LogP contribution is 2.28. The van der Waals surface area contributed by atoms with Crippen LogP contribution in [0, 0.1) is 12.8 Å². The first-order valence-corrected chi connectivity index (χ1v) is 10.6. The van der Waals surface area contributed by atoms with Gasteiger partial charge in [-0.25, -0.2) is 0 Å². The standard InChI is InChI=1S/C25H22ClN3O3/c1-16-10-11-20(14-22(16)26)28-25(32)18-13-23(30)29(15-18)21-9-5-6-17(12-21)24(31)27-19-7-3-2-4-8-19/h2-12,14,18H,13,15H2,1H3,(H,27,31)(H,28,32)/t18-/m0/s1. The van der Waals surface area contributed by atoms with Crippen LogP contribution in [0.15, 0.2) is 72.8 Å². The molecule has 1 atom stereocenters. The molecule has 7 heteroatoms. The van der Waals surface area contributed by atoms with Gasteiger partial charge in [0.2, 0.25) is 11.8 Å². The number of nitrogens with zero attached hydrogens (tertiary/aromatic N) is 1. The zero-order valence-corrected chi connectivity index (χ0v) is 18.2. The highest BCUT2D eigenvalue weighted by molar-refractivity contribution is 6.31. The highest BCUT2D eigenvalue weighted by atomic mass is 35.5. The average molecular weight is 448 g/mol. The number of para-hydroxylation sites is 1. The molecule has 0 radical (unpaired) electrons. The van der Waals surface area contributed by atoms with Crippen molar-refractivity contribution >= 4 is 46.4 Å². The van der Waals surface area contributed by atoms with Crippen LogP contribution < -0.4 is 15.5 Å². The summed E-state index contributed by atoms with van der Waals surface area (Å²) in [5, 5.41) is 6.23. The van der Waals surface area contributed by atoms with Crippen LogP contribution in [0.25, 0.3) is 0 Å². The average Bonchev–Trinajstić information content (AvgIpc) is 3.19. The van der Waals surface area contributed by atoms with Gasteiger partial charge in [0.05, 0.1) is 5.92 Å². The van der Waals surface area contributed by atoms with Gasteiger partial charge in [-0.15, -0.1) is 0 Å². The van der Waals surface area contributed by atoms with Gasteiger partial charge in [0, 0.05) is 40.6 Å². The van der Waals surface area contributed by atoms with Crippen LogP contribution in [-0.2, 0) is 9.59 Å². The van der Waals surface area contributed by atoms with Crippen molar-refractivity contribution in [3.05, 3.63) is 88.9 Å². The van der Waals surface area contributed by atoms with Crippen molar-refractivity contribution in [2.24, 2.45) is 5.92 Å². The van der Waals surface area contributed by atoms with Crippen LogP contribution >= 0.6 is 11.6 Å². The highest BCUT2D eigenvalue weighted by Gasteiger charge is 2.35. The van der Waals surface area contributed by atoms with Crippen molar-refractivity contribution in [2.45, 2.75) is 13.3 Å². The van der Waals surface area contributed by atoms with Gasteiger partial charge in [-0.1, -0.05) is 41.9 Å². The molecule has 0 saturated carbocycles. The molecule has 0 spiro atoms. The number of carbonyl (C=O) groups excluding carboxylic acids is 3. The van der Waals surface area contributed by atoms with E-state index in [1.165, 1.54) is 0 Å². The Kier molecular flexibility index (Phi) is 6.23. The number of nitrogens with one attached hydrogen (secondary N) is 2. The minimum atomic E-state index is -0.496. The van der Waals surface area contributed by atoms with E-state index in [2.05, 4.69) is 10.6 Å². The lowest BCUT2D eigenvalue weighted by Crippen LogP contribution is -2.28. The normalized spacial score (nSPS) is 15.5. The van der Waals surface area contributed by atoms with Gasteiger partial charge in [-0.3, -0.25) is 14.4 Å². The Morgan fingerprint density at radius 1 is 0.938 bits per heavy atom. The maximum Gasteiger partial charge on any atom is 0.255 e. The van der Waals surface area contributed by atoms with Crippen molar-refractivity contribution in [1.82, 2.24) is 0 Å². The van der Waals surface area contributed by atoms with E-state index in [0.29, 0.717) is 27.6 Å². The Hall–Kier alpha value is -3.64. The van der Waals surface area contributed by atoms with Crippen molar-refractivity contribution in [3.8, 4) is 0 Å². The summed E-state index contributed by atoms with van der Waals surface area (Å²) >= 11 is 6.13. The van der Waals surface area contributed by atoms with Crippen molar-refractivity contribution in [1.29, 1.82) is 0 Å². The van der Waals surface area contributed by atoms with E-state index < -0.39 is 5.92 Å². The molecule has 3 aromatic carbocycles. The molecule has 3 aromatic rings. The van der Waals surface area contributed by atoms with E-state index in [1.54, 1.807) is 53.4 Å². The van der Waals surface area contributed by atoms with Gasteiger partial charge in [-0.05, 0) is 55.0 Å². The number of halogens is 1. The first-order valence-electron chi connectivity index (χ1n) is 10.2. The Morgan fingerprint density at radius 3 is 2.47 bits per heavy atom. The maximum absolute atomic E-state index is 12.7. The predicted octanol–water partition coefficient (Wildman–Crippen LogP) is 4.89. The molecule has 0 aromatic heterocycles. The third-order valence-electron chi connectivity index (χ3n) is 5.39. The van der Waals surface area contributed by atoms with Gasteiger partial charge >= 0.3 is 0 Å². The van der Waals surface area contributed by atoms with Crippen LogP contribution in [0.2, 0.25) is 5.02 Å². The van der Waals surface area contributed by atoms with E-state index in [0.717, 1.165) is 5.56 Å². The SMILES string of the molecule is Cc1ccc(NC(=O)[C@H]2CC(=O)N(c3cccc(C(=O)Nc4ccccc4)c3)C2)cc1Cl. The minimum Gasteiger partial charge on any atom is -0.326 e. The first kappa shape index (κ1) is 21.6. The van der Waals surface area contributed by atoms with E-state index in [9.17, 15) is 14.4 Å². The van der Waals surface area contributed by atoms with Crippen LogP contribution in [-0.4, -0.2) is 24.3 Å². The molecule has 2 N–H and O–H groups in total. The largest absolute Gasteiger partial charge is 0.326 e. The number of hydrogen-bond donors (Lipinski definition) is 2. The molecule has 0 aliphatic carbocycles. The number of carbonyl (C=O) groups is 3. The second-order valence-corrected chi connectivity index (χ2v) is 8.14. The lowest BCUT2D eigenvalue weighted by atomic mass is 10.1. The lowest BCUT2D eigenvalue weighted by molar-refractivity contribution is -0.122. The third-order valence-corrected chi connectivity index (χ3v) is 5.79. The van der Waals surface area contributed by atoms with Crippen LogP contribution in [0.5, 0.6) is 0 Å². The molecule has 1 saturated heterocycles. The minimum absolute atomic E-state index is 0.103. The summed E-state index contributed by atoms with van der Waals surface area (Å²) in [5.74, 6) is -1.16. The lowest BCUT2D eigenvalue weighted by Gasteiger charge is -2.18. The Balaban J connectivity index is 1.44. The summed E-state index contributed by atoms with van der Waals surface area (Å²) in [6.45, 7) is 2.13. The predicted molar refractivity (Wildman–Crippen MR) is 126 cm³/mol. The Labute approximate surface area is 191 Å². The molecule has 1 aliphatic rings. The fraction of sp³-hybridized carbons (Fsp3) is 0.160. The number of benzene rings is 3. The monoisotopic (exact) mass is 447 g/mol. The van der Waals surface area contributed by atoms with E-state index in [-0.39, 0.29) is 30.7 Å². The number of anilines is 3. The fourth-order valence-electron chi connectivity index (χ4n) is 3.59. The summed E-state index contributed by atoms with van der Waals surface area (Å²) < 4.78 is 0. The van der Waals surface area contributed by atoms with Crippen LogP contribution in [0.1, 0.15) is 22.3 Å². The molecule has 1 heterocycles. The van der Waals surface area contributed by atoms with Crippen LogP contribution in [0.3, 0.4) is 0 Å². The summed E-state index contributed by atoms with van der Waals surface area (Å²) in [6, 6.07) is 21.3. The number of hydrogen-bond acceptors (Lipinski definition) is 3. The second kappa shape index (κ2) is 9.24. The number of aryl methyl sites for hydroxylation is 1. The summed E-state index contributed by atoms with van der Waals surface area (Å²) in [5.41, 5.74) is 3.22. The molecule has 6 nitrogen and oxygen atoms in total. The molecule has 4 rings (SSSR count). The molecular formula is C25H22ClN3O3. The molecule has 162 valence electrons. The van der Waals surface area contributed by atoms with Gasteiger partial charge in [0.1, 0.15) is 0 Å². The summed E-state index contributed by atoms with van der Waals surface area (Å²) in [6.07, 6.45) is 0.103. The Morgan fingerprint density at radius 2 is 1.72 bits per heavy atom. The molecular weight excluding hydrogens is 426 g/mol. The smallest absolute Gasteiger partial charge is 0.255 e. The van der Waals surface area contributed by atoms with Gasteiger partial charge < -0.3 is 15.5 Å². The van der Waals surface area contributed by atoms with Crippen LogP contribution in [0.4, 0.5) is 17.1 Å². The van der Waals surface area contributed by atoms with E-state index in [1.807, 2.05) is 31.2 Å². The molecule has 0 unspecified atom stereocenters. The maximum atomic E-state index is 12.7. The third kappa shape index (κ3) is 4.81.